The normalized spacial score (nSPS) is 11.3. The molecule has 0 saturated heterocycles. The molecule has 2 N–H and O–H groups in total. The smallest absolute Gasteiger partial charge is 0.108 e. The Balaban J connectivity index is 2.68. The van der Waals surface area contributed by atoms with Crippen LogP contribution in [0, 0.1) is 0 Å². The molecular formula is C9H11N3S. The van der Waals surface area contributed by atoms with E-state index in [0.29, 0.717) is 11.6 Å². The average Bonchev–Trinajstić information content (AvgIpc) is 2.49. The lowest BCUT2D eigenvalue weighted by Gasteiger charge is -1.94. The minimum Gasteiger partial charge on any atom is -0.396 e. The van der Waals surface area contributed by atoms with Gasteiger partial charge in [0.1, 0.15) is 5.52 Å². The van der Waals surface area contributed by atoms with Crippen LogP contribution in [0.5, 0.6) is 0 Å². The summed E-state index contributed by atoms with van der Waals surface area (Å²) in [5.41, 5.74) is 7.31. The molecule has 0 amide bonds. The van der Waals surface area contributed by atoms with Gasteiger partial charge in [0.15, 0.2) is 0 Å². The summed E-state index contributed by atoms with van der Waals surface area (Å²) in [6.07, 6.45) is 3.46. The van der Waals surface area contributed by atoms with Crippen LogP contribution in [-0.2, 0) is 0 Å². The summed E-state index contributed by atoms with van der Waals surface area (Å²) in [6, 6.07) is 0. The van der Waals surface area contributed by atoms with Gasteiger partial charge in [-0.2, -0.15) is 0 Å². The molecule has 0 aliphatic rings. The molecule has 2 rings (SSSR count). The highest BCUT2D eigenvalue weighted by molar-refractivity contribution is 7.18. The van der Waals surface area contributed by atoms with Crippen molar-refractivity contribution in [3.63, 3.8) is 0 Å². The van der Waals surface area contributed by atoms with E-state index < -0.39 is 0 Å². The van der Waals surface area contributed by atoms with Crippen LogP contribution in [-0.4, -0.2) is 9.97 Å². The Morgan fingerprint density at radius 1 is 1.38 bits per heavy atom. The molecule has 2 aromatic heterocycles. The van der Waals surface area contributed by atoms with Crippen molar-refractivity contribution in [1.29, 1.82) is 0 Å². The first-order valence-electron chi connectivity index (χ1n) is 4.18. The third-order valence-corrected chi connectivity index (χ3v) is 3.13. The minimum absolute atomic E-state index is 0.455. The molecule has 0 aliphatic heterocycles. The first-order chi connectivity index (χ1) is 6.18. The van der Waals surface area contributed by atoms with Crippen LogP contribution in [0.3, 0.4) is 0 Å². The number of thiazole rings is 1. The number of aromatic nitrogens is 2. The summed E-state index contributed by atoms with van der Waals surface area (Å²) in [6.45, 7) is 4.25. The van der Waals surface area contributed by atoms with E-state index in [1.807, 2.05) is 6.20 Å². The van der Waals surface area contributed by atoms with E-state index in [0.717, 1.165) is 15.2 Å². The van der Waals surface area contributed by atoms with Crippen molar-refractivity contribution in [1.82, 2.24) is 9.97 Å². The lowest BCUT2D eigenvalue weighted by molar-refractivity contribution is 0.857. The number of pyridine rings is 1. The van der Waals surface area contributed by atoms with Gasteiger partial charge in [0.05, 0.1) is 21.6 Å². The molecule has 0 fully saturated rings. The van der Waals surface area contributed by atoms with Crippen molar-refractivity contribution in [2.45, 2.75) is 19.8 Å². The van der Waals surface area contributed by atoms with Crippen LogP contribution >= 0.6 is 11.3 Å². The van der Waals surface area contributed by atoms with Crippen LogP contribution in [0.4, 0.5) is 5.69 Å². The fraction of sp³-hybridized carbons (Fsp3) is 0.333. The fourth-order valence-electron chi connectivity index (χ4n) is 1.14. The molecule has 2 aromatic rings. The van der Waals surface area contributed by atoms with Crippen LogP contribution < -0.4 is 5.73 Å². The number of nitrogens with two attached hydrogens (primary N) is 1. The van der Waals surface area contributed by atoms with Crippen molar-refractivity contribution < 1.29 is 0 Å². The van der Waals surface area contributed by atoms with Crippen molar-refractivity contribution in [2.75, 3.05) is 5.73 Å². The number of nitrogen functional groups attached to an aromatic ring is 1. The summed E-state index contributed by atoms with van der Waals surface area (Å²) < 4.78 is 1.07. The zero-order valence-corrected chi connectivity index (χ0v) is 8.43. The summed E-state index contributed by atoms with van der Waals surface area (Å²) in [4.78, 5) is 8.50. The van der Waals surface area contributed by atoms with Crippen molar-refractivity contribution in [2.24, 2.45) is 0 Å². The second-order valence-corrected chi connectivity index (χ2v) is 4.34. The Morgan fingerprint density at radius 3 is 2.77 bits per heavy atom. The predicted octanol–water partition coefficient (Wildman–Crippen LogP) is 2.40. The lowest BCUT2D eigenvalue weighted by atomic mass is 10.2. The molecule has 4 heteroatoms. The Morgan fingerprint density at radius 2 is 2.15 bits per heavy atom. The largest absolute Gasteiger partial charge is 0.396 e. The first kappa shape index (κ1) is 8.44. The first-order valence-corrected chi connectivity index (χ1v) is 5.00. The van der Waals surface area contributed by atoms with Gasteiger partial charge in [-0.15, -0.1) is 11.3 Å². The number of hydrogen-bond acceptors (Lipinski definition) is 4. The van der Waals surface area contributed by atoms with E-state index in [-0.39, 0.29) is 0 Å². The quantitative estimate of drug-likeness (QED) is 0.756. The van der Waals surface area contributed by atoms with Crippen LogP contribution in [0.1, 0.15) is 24.8 Å². The highest BCUT2D eigenvalue weighted by Gasteiger charge is 2.08. The summed E-state index contributed by atoms with van der Waals surface area (Å²) in [5.74, 6) is 0.455. The van der Waals surface area contributed by atoms with Gasteiger partial charge in [0.2, 0.25) is 0 Å². The molecule has 0 atom stereocenters. The van der Waals surface area contributed by atoms with Crippen LogP contribution in [0.2, 0.25) is 0 Å². The Bertz CT molecular complexity index is 433. The SMILES string of the molecule is CC(C)c1nc2c(N)cncc2s1. The molecule has 0 aliphatic carbocycles. The number of hydrogen-bond donors (Lipinski definition) is 1. The summed E-state index contributed by atoms with van der Waals surface area (Å²) in [5, 5.41) is 1.12. The van der Waals surface area contributed by atoms with Gasteiger partial charge in [-0.25, -0.2) is 4.98 Å². The summed E-state index contributed by atoms with van der Waals surface area (Å²) in [7, 11) is 0. The molecule has 0 saturated carbocycles. The van der Waals surface area contributed by atoms with E-state index in [1.165, 1.54) is 0 Å². The molecule has 68 valence electrons. The van der Waals surface area contributed by atoms with E-state index in [1.54, 1.807) is 17.5 Å². The molecule has 3 nitrogen and oxygen atoms in total. The third kappa shape index (κ3) is 1.37. The zero-order valence-electron chi connectivity index (χ0n) is 7.61. The monoisotopic (exact) mass is 193 g/mol. The fourth-order valence-corrected chi connectivity index (χ4v) is 2.11. The molecular weight excluding hydrogens is 182 g/mol. The average molecular weight is 193 g/mol. The summed E-state index contributed by atoms with van der Waals surface area (Å²) >= 11 is 1.67. The second kappa shape index (κ2) is 2.96. The van der Waals surface area contributed by atoms with Crippen molar-refractivity contribution in [3.8, 4) is 0 Å². The molecule has 0 unspecified atom stereocenters. The molecule has 0 spiro atoms. The standard InChI is InChI=1S/C9H11N3S/c1-5(2)9-12-8-6(10)3-11-4-7(8)13-9/h3-5H,10H2,1-2H3. The Hall–Kier alpha value is -1.16. The van der Waals surface area contributed by atoms with Crippen LogP contribution in [0.25, 0.3) is 10.2 Å². The lowest BCUT2D eigenvalue weighted by Crippen LogP contribution is -1.88. The Labute approximate surface area is 80.6 Å². The third-order valence-electron chi connectivity index (χ3n) is 1.84. The maximum absolute atomic E-state index is 5.75. The molecule has 0 radical (unpaired) electrons. The Kier molecular flexibility index (Phi) is 1.92. The van der Waals surface area contributed by atoms with Gasteiger partial charge in [-0.3, -0.25) is 4.98 Å². The van der Waals surface area contributed by atoms with Gasteiger partial charge < -0.3 is 5.73 Å². The van der Waals surface area contributed by atoms with E-state index in [4.69, 9.17) is 5.73 Å². The van der Waals surface area contributed by atoms with Crippen molar-refractivity contribution in [3.05, 3.63) is 17.4 Å². The maximum Gasteiger partial charge on any atom is 0.108 e. The number of anilines is 1. The van der Waals surface area contributed by atoms with E-state index in [2.05, 4.69) is 23.8 Å². The van der Waals surface area contributed by atoms with Crippen molar-refractivity contribution >= 4 is 27.2 Å². The highest BCUT2D eigenvalue weighted by Crippen LogP contribution is 2.29. The molecule has 0 aromatic carbocycles. The number of nitrogens with zero attached hydrogens (tertiary/aromatic N) is 2. The van der Waals surface area contributed by atoms with Gasteiger partial charge in [0, 0.05) is 12.1 Å². The zero-order chi connectivity index (χ0) is 9.42. The topological polar surface area (TPSA) is 51.8 Å². The van der Waals surface area contributed by atoms with Gasteiger partial charge >= 0.3 is 0 Å². The minimum atomic E-state index is 0.455. The van der Waals surface area contributed by atoms with E-state index in [9.17, 15) is 0 Å². The van der Waals surface area contributed by atoms with Crippen LogP contribution in [0.15, 0.2) is 12.4 Å². The predicted molar refractivity (Wildman–Crippen MR) is 55.9 cm³/mol. The molecule has 13 heavy (non-hydrogen) atoms. The van der Waals surface area contributed by atoms with Gasteiger partial charge in [-0.05, 0) is 0 Å². The second-order valence-electron chi connectivity index (χ2n) is 3.28. The maximum atomic E-state index is 5.75. The molecule has 0 bridgehead atoms. The number of fused-ring (bicyclic) bond motifs is 1. The van der Waals surface area contributed by atoms with E-state index >= 15 is 0 Å². The highest BCUT2D eigenvalue weighted by atomic mass is 32.1. The van der Waals surface area contributed by atoms with Gasteiger partial charge in [0.25, 0.3) is 0 Å². The molecule has 2 heterocycles. The van der Waals surface area contributed by atoms with Gasteiger partial charge in [-0.1, -0.05) is 13.8 Å². The number of rotatable bonds is 1.